The molecule has 1 aliphatic rings. The van der Waals surface area contributed by atoms with Gasteiger partial charge in [-0.1, -0.05) is 0 Å². The van der Waals surface area contributed by atoms with Crippen molar-refractivity contribution in [2.45, 2.75) is 46.6 Å². The summed E-state index contributed by atoms with van der Waals surface area (Å²) in [6, 6.07) is 0.216. The lowest BCUT2D eigenvalue weighted by molar-refractivity contribution is 0.0675. The first-order valence-electron chi connectivity index (χ1n) is 7.58. The minimum Gasteiger partial charge on any atom is -0.336 e. The molecule has 2 aromatic heterocycles. The Kier molecular flexibility index (Phi) is 3.99. The van der Waals surface area contributed by atoms with Crippen molar-refractivity contribution < 1.29 is 4.79 Å². The van der Waals surface area contributed by atoms with Crippen LogP contribution in [-0.4, -0.2) is 43.6 Å². The molecule has 1 aliphatic heterocycles. The zero-order chi connectivity index (χ0) is 15.9. The molecule has 0 saturated carbocycles. The Morgan fingerprint density at radius 1 is 1.23 bits per heavy atom. The number of hydrogen-bond acceptors (Lipinski definition) is 5. The van der Waals surface area contributed by atoms with E-state index in [4.69, 9.17) is 0 Å². The first-order valence-corrected chi connectivity index (χ1v) is 8.40. The Balaban J connectivity index is 1.80. The van der Waals surface area contributed by atoms with Crippen molar-refractivity contribution >= 4 is 17.2 Å². The zero-order valence-electron chi connectivity index (χ0n) is 13.5. The Labute approximate surface area is 134 Å². The van der Waals surface area contributed by atoms with E-state index in [0.29, 0.717) is 6.54 Å². The van der Waals surface area contributed by atoms with Gasteiger partial charge in [0.2, 0.25) is 0 Å². The number of piperidine rings is 1. The third-order valence-corrected chi connectivity index (χ3v) is 5.10. The predicted molar refractivity (Wildman–Crippen MR) is 85.3 cm³/mol. The Bertz CT molecular complexity index is 705. The van der Waals surface area contributed by atoms with Gasteiger partial charge in [-0.25, -0.2) is 14.6 Å². The van der Waals surface area contributed by atoms with Crippen LogP contribution < -0.4 is 0 Å². The lowest BCUT2D eigenvalue weighted by atomic mass is 10.1. The van der Waals surface area contributed by atoms with E-state index in [9.17, 15) is 4.79 Å². The van der Waals surface area contributed by atoms with Crippen molar-refractivity contribution in [2.24, 2.45) is 0 Å². The van der Waals surface area contributed by atoms with E-state index in [1.807, 2.05) is 37.3 Å². The number of carbonyl (C=O) groups excluding carboxylic acids is 1. The fourth-order valence-electron chi connectivity index (χ4n) is 3.09. The fourth-order valence-corrected chi connectivity index (χ4v) is 3.98. The smallest absolute Gasteiger partial charge is 0.265 e. The molecule has 0 bridgehead atoms. The van der Waals surface area contributed by atoms with Crippen LogP contribution in [0.2, 0.25) is 0 Å². The van der Waals surface area contributed by atoms with Gasteiger partial charge in [0.05, 0.1) is 16.7 Å². The van der Waals surface area contributed by atoms with Crippen LogP contribution in [0.4, 0.5) is 0 Å². The van der Waals surface area contributed by atoms with Crippen molar-refractivity contribution in [1.82, 2.24) is 24.6 Å². The Morgan fingerprint density at radius 3 is 2.59 bits per heavy atom. The SMILES string of the molecule is Cc1nc(C)n(C2CCCN(C(=O)c3sc(C)nc3C)C2)n1. The predicted octanol–water partition coefficient (Wildman–Crippen LogP) is 2.45. The number of likely N-dealkylation sites (tertiary alicyclic amines) is 1. The summed E-state index contributed by atoms with van der Waals surface area (Å²) in [7, 11) is 0. The highest BCUT2D eigenvalue weighted by Gasteiger charge is 2.28. The van der Waals surface area contributed by atoms with Gasteiger partial charge < -0.3 is 4.90 Å². The van der Waals surface area contributed by atoms with Gasteiger partial charge >= 0.3 is 0 Å². The average molecular weight is 319 g/mol. The molecule has 22 heavy (non-hydrogen) atoms. The standard InChI is InChI=1S/C15H21N5OS/c1-9-14(22-12(4)16-9)15(21)19-7-5-6-13(8-19)20-11(3)17-10(2)18-20/h13H,5-8H2,1-4H3. The number of carbonyl (C=O) groups is 1. The monoisotopic (exact) mass is 319 g/mol. The van der Waals surface area contributed by atoms with Crippen molar-refractivity contribution in [3.63, 3.8) is 0 Å². The molecule has 1 atom stereocenters. The van der Waals surface area contributed by atoms with Crippen LogP contribution in [0.15, 0.2) is 0 Å². The van der Waals surface area contributed by atoms with Crippen LogP contribution in [-0.2, 0) is 0 Å². The summed E-state index contributed by atoms with van der Waals surface area (Å²) < 4.78 is 1.97. The zero-order valence-corrected chi connectivity index (χ0v) is 14.3. The summed E-state index contributed by atoms with van der Waals surface area (Å²) in [5, 5.41) is 5.42. The molecular formula is C15H21N5OS. The quantitative estimate of drug-likeness (QED) is 0.853. The van der Waals surface area contributed by atoms with E-state index < -0.39 is 0 Å². The first-order chi connectivity index (χ1) is 10.5. The maximum atomic E-state index is 12.8. The molecule has 3 rings (SSSR count). The largest absolute Gasteiger partial charge is 0.336 e. The number of thiazole rings is 1. The average Bonchev–Trinajstić information content (AvgIpc) is 2.99. The van der Waals surface area contributed by atoms with Crippen LogP contribution >= 0.6 is 11.3 Å². The van der Waals surface area contributed by atoms with Gasteiger partial charge in [0, 0.05) is 13.1 Å². The minimum absolute atomic E-state index is 0.0993. The van der Waals surface area contributed by atoms with E-state index >= 15 is 0 Å². The molecule has 1 unspecified atom stereocenters. The summed E-state index contributed by atoms with van der Waals surface area (Å²) in [4.78, 5) is 24.2. The summed E-state index contributed by atoms with van der Waals surface area (Å²) in [6.07, 6.45) is 2.03. The van der Waals surface area contributed by atoms with Crippen LogP contribution in [0, 0.1) is 27.7 Å². The van der Waals surface area contributed by atoms with E-state index in [-0.39, 0.29) is 11.9 Å². The molecule has 1 fully saturated rings. The molecule has 118 valence electrons. The van der Waals surface area contributed by atoms with Crippen LogP contribution in [0.3, 0.4) is 0 Å². The highest BCUT2D eigenvalue weighted by Crippen LogP contribution is 2.26. The van der Waals surface area contributed by atoms with Crippen molar-refractivity contribution in [1.29, 1.82) is 0 Å². The minimum atomic E-state index is 0.0993. The number of amides is 1. The summed E-state index contributed by atoms with van der Waals surface area (Å²) in [5.41, 5.74) is 0.836. The van der Waals surface area contributed by atoms with Crippen LogP contribution in [0.25, 0.3) is 0 Å². The molecule has 0 aliphatic carbocycles. The van der Waals surface area contributed by atoms with E-state index in [0.717, 1.165) is 46.6 Å². The molecule has 0 N–H and O–H groups in total. The van der Waals surface area contributed by atoms with E-state index in [1.54, 1.807) is 0 Å². The summed E-state index contributed by atoms with van der Waals surface area (Å²) in [6.45, 7) is 9.21. The molecule has 6 nitrogen and oxygen atoms in total. The van der Waals surface area contributed by atoms with Crippen LogP contribution in [0.1, 0.15) is 50.9 Å². The summed E-state index contributed by atoms with van der Waals surface area (Å²) >= 11 is 1.48. The molecule has 1 saturated heterocycles. The number of aryl methyl sites for hydroxylation is 4. The van der Waals surface area contributed by atoms with Crippen molar-refractivity contribution in [2.75, 3.05) is 13.1 Å². The van der Waals surface area contributed by atoms with Gasteiger partial charge in [0.25, 0.3) is 5.91 Å². The van der Waals surface area contributed by atoms with Crippen molar-refractivity contribution in [3.05, 3.63) is 27.2 Å². The second-order valence-corrected chi connectivity index (χ2v) is 7.05. The third kappa shape index (κ3) is 2.77. The van der Waals surface area contributed by atoms with Gasteiger partial charge in [-0.2, -0.15) is 5.10 Å². The highest BCUT2D eigenvalue weighted by molar-refractivity contribution is 7.13. The second-order valence-electron chi connectivity index (χ2n) is 5.85. The van der Waals surface area contributed by atoms with E-state index in [1.165, 1.54) is 11.3 Å². The highest BCUT2D eigenvalue weighted by atomic mass is 32.1. The number of nitrogens with zero attached hydrogens (tertiary/aromatic N) is 5. The molecule has 0 radical (unpaired) electrons. The maximum Gasteiger partial charge on any atom is 0.265 e. The molecule has 1 amide bonds. The van der Waals surface area contributed by atoms with Gasteiger partial charge in [0.1, 0.15) is 16.5 Å². The van der Waals surface area contributed by atoms with Crippen LogP contribution in [0.5, 0.6) is 0 Å². The normalized spacial score (nSPS) is 18.7. The first kappa shape index (κ1) is 15.1. The summed E-state index contributed by atoms with van der Waals surface area (Å²) in [5.74, 6) is 1.80. The van der Waals surface area contributed by atoms with Gasteiger partial charge in [-0.15, -0.1) is 11.3 Å². The topological polar surface area (TPSA) is 63.9 Å². The van der Waals surface area contributed by atoms with Gasteiger partial charge in [-0.3, -0.25) is 4.79 Å². The Morgan fingerprint density at radius 2 is 2.00 bits per heavy atom. The number of hydrogen-bond donors (Lipinski definition) is 0. The fraction of sp³-hybridized carbons (Fsp3) is 0.600. The van der Waals surface area contributed by atoms with Gasteiger partial charge in [0.15, 0.2) is 0 Å². The number of aromatic nitrogens is 4. The molecule has 0 spiro atoms. The molecule has 3 heterocycles. The lowest BCUT2D eigenvalue weighted by Crippen LogP contribution is -2.41. The van der Waals surface area contributed by atoms with Gasteiger partial charge in [-0.05, 0) is 40.5 Å². The second kappa shape index (κ2) is 5.79. The molecule has 2 aromatic rings. The molecule has 0 aromatic carbocycles. The Hall–Kier alpha value is -1.76. The third-order valence-electron chi connectivity index (χ3n) is 4.03. The van der Waals surface area contributed by atoms with Crippen molar-refractivity contribution in [3.8, 4) is 0 Å². The molecule has 7 heteroatoms. The molecular weight excluding hydrogens is 298 g/mol. The lowest BCUT2D eigenvalue weighted by Gasteiger charge is -2.32. The number of rotatable bonds is 2. The van der Waals surface area contributed by atoms with E-state index in [2.05, 4.69) is 15.1 Å². The maximum absolute atomic E-state index is 12.8.